The van der Waals surface area contributed by atoms with Crippen LogP contribution in [0.3, 0.4) is 0 Å². The molecule has 1 unspecified atom stereocenters. The van der Waals surface area contributed by atoms with Gasteiger partial charge in [0.2, 0.25) is 0 Å². The number of methoxy groups -OCH3 is 1. The molecule has 0 saturated carbocycles. The number of hydrogen-bond donors (Lipinski definition) is 2. The number of carboxylic acids is 1. The van der Waals surface area contributed by atoms with Gasteiger partial charge in [-0.2, -0.15) is 0 Å². The molecular formula is C14H18N2O4. The number of aromatic carboxylic acids is 1. The quantitative estimate of drug-likeness (QED) is 0.885. The average Bonchev–Trinajstić information content (AvgIpc) is 2.89. The lowest BCUT2D eigenvalue weighted by atomic mass is 10.1. The Kier molecular flexibility index (Phi) is 4.24. The first-order valence-corrected chi connectivity index (χ1v) is 6.44. The Balaban J connectivity index is 2.09. The van der Waals surface area contributed by atoms with E-state index in [2.05, 4.69) is 5.32 Å². The number of benzene rings is 1. The molecule has 1 aromatic carbocycles. The fourth-order valence-corrected chi connectivity index (χ4v) is 2.30. The topological polar surface area (TPSA) is 78.9 Å². The van der Waals surface area contributed by atoms with E-state index in [-0.39, 0.29) is 17.7 Å². The second-order valence-corrected chi connectivity index (χ2v) is 4.81. The third-order valence-corrected chi connectivity index (χ3v) is 3.57. The van der Waals surface area contributed by atoms with Gasteiger partial charge in [-0.05, 0) is 31.0 Å². The van der Waals surface area contributed by atoms with Crippen molar-refractivity contribution in [1.29, 1.82) is 0 Å². The number of ether oxygens (including phenoxy) is 1. The molecule has 1 fully saturated rings. The summed E-state index contributed by atoms with van der Waals surface area (Å²) in [4.78, 5) is 24.8. The highest BCUT2D eigenvalue weighted by Gasteiger charge is 2.26. The van der Waals surface area contributed by atoms with E-state index in [4.69, 9.17) is 9.84 Å². The SMILES string of the molecule is COC1CCN(C(=O)Nc2cccc(C(=O)O)c2C)C1. The van der Waals surface area contributed by atoms with Crippen molar-refractivity contribution in [2.24, 2.45) is 0 Å². The van der Waals surface area contributed by atoms with Crippen LogP contribution in [0.25, 0.3) is 0 Å². The maximum atomic E-state index is 12.1. The molecule has 1 aliphatic heterocycles. The molecule has 1 heterocycles. The summed E-state index contributed by atoms with van der Waals surface area (Å²) in [7, 11) is 1.63. The predicted octanol–water partition coefficient (Wildman–Crippen LogP) is 1.95. The Hall–Kier alpha value is -2.08. The van der Waals surface area contributed by atoms with Crippen molar-refractivity contribution >= 4 is 17.7 Å². The zero-order valence-electron chi connectivity index (χ0n) is 11.5. The van der Waals surface area contributed by atoms with Crippen LogP contribution in [0, 0.1) is 6.92 Å². The maximum absolute atomic E-state index is 12.1. The Morgan fingerprint density at radius 3 is 2.80 bits per heavy atom. The van der Waals surface area contributed by atoms with E-state index in [1.807, 2.05) is 0 Å². The van der Waals surface area contributed by atoms with Gasteiger partial charge in [-0.25, -0.2) is 9.59 Å². The lowest BCUT2D eigenvalue weighted by molar-refractivity contribution is 0.0696. The first-order valence-electron chi connectivity index (χ1n) is 6.44. The molecule has 6 nitrogen and oxygen atoms in total. The molecule has 108 valence electrons. The molecule has 0 bridgehead atoms. The Morgan fingerprint density at radius 1 is 1.45 bits per heavy atom. The second-order valence-electron chi connectivity index (χ2n) is 4.81. The van der Waals surface area contributed by atoms with Crippen molar-refractivity contribution in [2.75, 3.05) is 25.5 Å². The van der Waals surface area contributed by atoms with Gasteiger partial charge in [0, 0.05) is 25.9 Å². The van der Waals surface area contributed by atoms with Crippen molar-refractivity contribution in [1.82, 2.24) is 4.90 Å². The number of carbonyl (C=O) groups is 2. The van der Waals surface area contributed by atoms with E-state index in [1.165, 1.54) is 6.07 Å². The molecular weight excluding hydrogens is 260 g/mol. The Morgan fingerprint density at radius 2 is 2.20 bits per heavy atom. The maximum Gasteiger partial charge on any atom is 0.336 e. The molecule has 1 atom stereocenters. The van der Waals surface area contributed by atoms with Crippen LogP contribution in [-0.4, -0.2) is 48.3 Å². The van der Waals surface area contributed by atoms with Gasteiger partial charge in [-0.1, -0.05) is 6.07 Å². The van der Waals surface area contributed by atoms with Gasteiger partial charge < -0.3 is 20.1 Å². The summed E-state index contributed by atoms with van der Waals surface area (Å²) in [6, 6.07) is 4.61. The van der Waals surface area contributed by atoms with E-state index < -0.39 is 5.97 Å². The largest absolute Gasteiger partial charge is 0.478 e. The molecule has 0 aliphatic carbocycles. The number of nitrogens with one attached hydrogen (secondary N) is 1. The van der Waals surface area contributed by atoms with Crippen LogP contribution in [0.15, 0.2) is 18.2 Å². The molecule has 1 aliphatic rings. The number of rotatable bonds is 3. The summed E-state index contributed by atoms with van der Waals surface area (Å²) in [5.74, 6) is -1.00. The normalized spacial score (nSPS) is 18.1. The van der Waals surface area contributed by atoms with Gasteiger partial charge in [-0.3, -0.25) is 0 Å². The van der Waals surface area contributed by atoms with E-state index in [1.54, 1.807) is 31.1 Å². The first-order chi connectivity index (χ1) is 9.52. The van der Waals surface area contributed by atoms with Crippen LogP contribution in [0.2, 0.25) is 0 Å². The van der Waals surface area contributed by atoms with Crippen LogP contribution in [-0.2, 0) is 4.74 Å². The fourth-order valence-electron chi connectivity index (χ4n) is 2.30. The van der Waals surface area contributed by atoms with Crippen LogP contribution >= 0.6 is 0 Å². The number of amides is 2. The molecule has 6 heteroatoms. The fraction of sp³-hybridized carbons (Fsp3) is 0.429. The standard InChI is InChI=1S/C14H18N2O4/c1-9-11(13(17)18)4-3-5-12(9)15-14(19)16-7-6-10(8-16)20-2/h3-5,10H,6-8H2,1-2H3,(H,15,19)(H,17,18). The van der Waals surface area contributed by atoms with Gasteiger partial charge >= 0.3 is 12.0 Å². The van der Waals surface area contributed by atoms with E-state index >= 15 is 0 Å². The van der Waals surface area contributed by atoms with E-state index in [0.29, 0.717) is 24.3 Å². The predicted molar refractivity (Wildman–Crippen MR) is 74.1 cm³/mol. The smallest absolute Gasteiger partial charge is 0.336 e. The number of carbonyl (C=O) groups excluding carboxylic acids is 1. The minimum atomic E-state index is -1.00. The molecule has 1 aromatic rings. The molecule has 0 aromatic heterocycles. The summed E-state index contributed by atoms with van der Waals surface area (Å²) in [6.45, 7) is 2.88. The third kappa shape index (κ3) is 2.91. The van der Waals surface area contributed by atoms with Gasteiger partial charge in [0.25, 0.3) is 0 Å². The van der Waals surface area contributed by atoms with Crippen LogP contribution < -0.4 is 5.32 Å². The van der Waals surface area contributed by atoms with Crippen molar-refractivity contribution < 1.29 is 19.4 Å². The summed E-state index contributed by atoms with van der Waals surface area (Å²) < 4.78 is 5.22. The average molecular weight is 278 g/mol. The summed E-state index contributed by atoms with van der Waals surface area (Å²) in [5.41, 5.74) is 1.27. The molecule has 0 radical (unpaired) electrons. The first kappa shape index (κ1) is 14.3. The monoisotopic (exact) mass is 278 g/mol. The number of carboxylic acid groups (broad SMARTS) is 1. The Bertz CT molecular complexity index is 530. The molecule has 0 spiro atoms. The van der Waals surface area contributed by atoms with Crippen molar-refractivity contribution in [3.05, 3.63) is 29.3 Å². The highest BCUT2D eigenvalue weighted by Crippen LogP contribution is 2.20. The summed E-state index contributed by atoms with van der Waals surface area (Å²) >= 11 is 0. The number of nitrogens with zero attached hydrogens (tertiary/aromatic N) is 1. The van der Waals surface area contributed by atoms with Crippen molar-refractivity contribution in [3.63, 3.8) is 0 Å². The van der Waals surface area contributed by atoms with Gasteiger partial charge in [-0.15, -0.1) is 0 Å². The minimum Gasteiger partial charge on any atom is -0.478 e. The molecule has 20 heavy (non-hydrogen) atoms. The van der Waals surface area contributed by atoms with Gasteiger partial charge in [0.1, 0.15) is 0 Å². The summed E-state index contributed by atoms with van der Waals surface area (Å²) in [5, 5.41) is 11.8. The summed E-state index contributed by atoms with van der Waals surface area (Å²) in [6.07, 6.45) is 0.894. The number of likely N-dealkylation sites (tertiary alicyclic amines) is 1. The molecule has 2 amide bonds. The minimum absolute atomic E-state index is 0.0761. The highest BCUT2D eigenvalue weighted by molar-refractivity contribution is 5.95. The lowest BCUT2D eigenvalue weighted by Gasteiger charge is -2.18. The number of anilines is 1. The third-order valence-electron chi connectivity index (χ3n) is 3.57. The second kappa shape index (κ2) is 5.92. The highest BCUT2D eigenvalue weighted by atomic mass is 16.5. The zero-order valence-corrected chi connectivity index (χ0v) is 11.5. The lowest BCUT2D eigenvalue weighted by Crippen LogP contribution is -2.34. The van der Waals surface area contributed by atoms with E-state index in [0.717, 1.165) is 6.42 Å². The zero-order chi connectivity index (χ0) is 14.7. The van der Waals surface area contributed by atoms with Gasteiger partial charge in [0.15, 0.2) is 0 Å². The molecule has 2 rings (SSSR count). The molecule has 2 N–H and O–H groups in total. The van der Waals surface area contributed by atoms with Crippen LogP contribution in [0.4, 0.5) is 10.5 Å². The number of hydrogen-bond acceptors (Lipinski definition) is 3. The van der Waals surface area contributed by atoms with Crippen molar-refractivity contribution in [2.45, 2.75) is 19.4 Å². The van der Waals surface area contributed by atoms with Crippen LogP contribution in [0.1, 0.15) is 22.3 Å². The van der Waals surface area contributed by atoms with E-state index in [9.17, 15) is 9.59 Å². The number of urea groups is 1. The van der Waals surface area contributed by atoms with Gasteiger partial charge in [0.05, 0.1) is 11.7 Å². The van der Waals surface area contributed by atoms with Crippen molar-refractivity contribution in [3.8, 4) is 0 Å². The Labute approximate surface area is 117 Å². The van der Waals surface area contributed by atoms with Crippen LogP contribution in [0.5, 0.6) is 0 Å². The molecule has 1 saturated heterocycles.